The lowest BCUT2D eigenvalue weighted by atomic mass is 10.1. The van der Waals surface area contributed by atoms with E-state index in [-0.39, 0.29) is 30.3 Å². The molecule has 0 radical (unpaired) electrons. The van der Waals surface area contributed by atoms with E-state index in [0.717, 1.165) is 18.2 Å². The maximum absolute atomic E-state index is 13.0. The fraction of sp³-hybridized carbons (Fsp3) is 0.609. The normalized spacial score (nSPS) is 21.3. The van der Waals surface area contributed by atoms with E-state index in [0.29, 0.717) is 48.1 Å². The van der Waals surface area contributed by atoms with E-state index in [9.17, 15) is 22.8 Å². The second kappa shape index (κ2) is 12.3. The molecular weight excluding hydrogens is 512 g/mol. The van der Waals surface area contributed by atoms with Gasteiger partial charge in [0.15, 0.2) is 0 Å². The van der Waals surface area contributed by atoms with Gasteiger partial charge in [-0.15, -0.1) is 11.3 Å². The second-order valence-electron chi connectivity index (χ2n) is 9.35. The predicted molar refractivity (Wildman–Crippen MR) is 137 cm³/mol. The summed E-state index contributed by atoms with van der Waals surface area (Å²) in [5.41, 5.74) is 0. The quantitative estimate of drug-likeness (QED) is 0.469. The maximum Gasteiger partial charge on any atom is 0.242 e. The van der Waals surface area contributed by atoms with Crippen molar-refractivity contribution in [1.82, 2.24) is 19.8 Å². The smallest absolute Gasteiger partial charge is 0.242 e. The molecule has 0 saturated carbocycles. The van der Waals surface area contributed by atoms with Crippen LogP contribution in [0.4, 0.5) is 0 Å². The minimum atomic E-state index is -3.85. The van der Waals surface area contributed by atoms with Gasteiger partial charge in [-0.05, 0) is 49.8 Å². The third kappa shape index (κ3) is 8.30. The molecule has 12 heteroatoms. The van der Waals surface area contributed by atoms with Gasteiger partial charge in [0.1, 0.15) is 6.04 Å². The molecule has 3 rings (SSSR count). The summed E-state index contributed by atoms with van der Waals surface area (Å²) in [6.07, 6.45) is 4.47. The molecule has 2 aliphatic rings. The molecule has 0 aliphatic carbocycles. The summed E-state index contributed by atoms with van der Waals surface area (Å²) in [6, 6.07) is 2.38. The van der Waals surface area contributed by atoms with Gasteiger partial charge in [-0.1, -0.05) is 25.4 Å². The van der Waals surface area contributed by atoms with Crippen molar-refractivity contribution in [3.8, 4) is 0 Å². The number of carbonyl (C=O) groups is 3. The molecule has 0 unspecified atom stereocenters. The van der Waals surface area contributed by atoms with Crippen LogP contribution in [0, 0.1) is 5.92 Å². The lowest BCUT2D eigenvalue weighted by Crippen LogP contribution is -2.55. The fourth-order valence-corrected chi connectivity index (χ4v) is 6.39. The summed E-state index contributed by atoms with van der Waals surface area (Å²) in [5.74, 6) is -0.355. The number of likely N-dealkylation sites (tertiary alicyclic amines) is 2. The summed E-state index contributed by atoms with van der Waals surface area (Å²) < 4.78 is 28.0. The lowest BCUT2D eigenvalue weighted by Gasteiger charge is -2.34. The van der Waals surface area contributed by atoms with E-state index in [2.05, 4.69) is 10.0 Å². The van der Waals surface area contributed by atoms with Gasteiger partial charge in [-0.3, -0.25) is 14.4 Å². The first-order valence-corrected chi connectivity index (χ1v) is 14.6. The van der Waals surface area contributed by atoms with Crippen LogP contribution < -0.4 is 10.0 Å². The topological polar surface area (TPSA) is 116 Å². The number of carbonyl (C=O) groups excluding carboxylic acids is 3. The highest BCUT2D eigenvalue weighted by molar-refractivity contribution is 7.92. The minimum Gasteiger partial charge on any atom is -0.354 e. The largest absolute Gasteiger partial charge is 0.354 e. The number of hydrogen-bond acceptors (Lipinski definition) is 6. The molecule has 35 heavy (non-hydrogen) atoms. The SMILES string of the molecule is CC(C)CC(=O)NC[C@@H]1CCCN1C(=O)CN1CCC[C@H](NS(=O)(=O)C=Cc2ccc(Cl)s2)C1=O. The molecule has 1 aromatic rings. The number of nitrogens with zero attached hydrogens (tertiary/aromatic N) is 2. The van der Waals surface area contributed by atoms with E-state index < -0.39 is 22.0 Å². The molecule has 3 heterocycles. The van der Waals surface area contributed by atoms with Crippen LogP contribution in [0.25, 0.3) is 6.08 Å². The molecule has 0 bridgehead atoms. The van der Waals surface area contributed by atoms with Crippen molar-refractivity contribution in [2.45, 2.75) is 58.0 Å². The van der Waals surface area contributed by atoms with Crippen LogP contribution in [-0.4, -0.2) is 74.2 Å². The van der Waals surface area contributed by atoms with Gasteiger partial charge in [0, 0.05) is 42.4 Å². The summed E-state index contributed by atoms with van der Waals surface area (Å²) in [4.78, 5) is 41.8. The van der Waals surface area contributed by atoms with Crippen LogP contribution >= 0.6 is 22.9 Å². The monoisotopic (exact) mass is 544 g/mol. The van der Waals surface area contributed by atoms with Crippen molar-refractivity contribution in [2.75, 3.05) is 26.2 Å². The van der Waals surface area contributed by atoms with Crippen LogP contribution in [-0.2, 0) is 24.4 Å². The summed E-state index contributed by atoms with van der Waals surface area (Å²) in [5, 5.41) is 3.93. The van der Waals surface area contributed by atoms with Crippen molar-refractivity contribution in [3.63, 3.8) is 0 Å². The number of nitrogens with one attached hydrogen (secondary N) is 2. The zero-order chi connectivity index (χ0) is 25.6. The Morgan fingerprint density at radius 3 is 2.66 bits per heavy atom. The van der Waals surface area contributed by atoms with E-state index in [4.69, 9.17) is 11.6 Å². The Hall–Kier alpha value is -1.95. The van der Waals surface area contributed by atoms with Gasteiger partial charge in [0.2, 0.25) is 27.7 Å². The molecule has 0 aromatic carbocycles. The first kappa shape index (κ1) is 27.6. The molecule has 0 spiro atoms. The van der Waals surface area contributed by atoms with Gasteiger partial charge < -0.3 is 15.1 Å². The van der Waals surface area contributed by atoms with Gasteiger partial charge in [0.25, 0.3) is 0 Å². The Labute approximate surface area is 215 Å². The van der Waals surface area contributed by atoms with E-state index in [1.165, 1.54) is 22.3 Å². The highest BCUT2D eigenvalue weighted by atomic mass is 35.5. The minimum absolute atomic E-state index is 0.0307. The van der Waals surface area contributed by atoms with E-state index in [1.54, 1.807) is 17.0 Å². The van der Waals surface area contributed by atoms with Crippen molar-refractivity contribution in [1.29, 1.82) is 0 Å². The van der Waals surface area contributed by atoms with Gasteiger partial charge in [-0.2, -0.15) is 4.72 Å². The highest BCUT2D eigenvalue weighted by Crippen LogP contribution is 2.23. The van der Waals surface area contributed by atoms with Crippen LogP contribution in [0.3, 0.4) is 0 Å². The van der Waals surface area contributed by atoms with Crippen molar-refractivity contribution >= 4 is 56.8 Å². The fourth-order valence-electron chi connectivity index (χ4n) is 4.32. The number of halogens is 1. The number of amides is 3. The Morgan fingerprint density at radius 2 is 1.97 bits per heavy atom. The third-order valence-corrected chi connectivity index (χ3v) is 8.30. The summed E-state index contributed by atoms with van der Waals surface area (Å²) >= 11 is 7.12. The van der Waals surface area contributed by atoms with Crippen LogP contribution in [0.2, 0.25) is 4.34 Å². The number of piperidine rings is 1. The molecule has 2 saturated heterocycles. The molecular formula is C23H33ClN4O5S2. The molecule has 1 aromatic heterocycles. The summed E-state index contributed by atoms with van der Waals surface area (Å²) in [7, 11) is -3.85. The first-order valence-electron chi connectivity index (χ1n) is 11.8. The summed E-state index contributed by atoms with van der Waals surface area (Å²) in [6.45, 7) is 5.23. The van der Waals surface area contributed by atoms with Gasteiger partial charge in [-0.25, -0.2) is 8.42 Å². The van der Waals surface area contributed by atoms with Crippen molar-refractivity contribution < 1.29 is 22.8 Å². The average molecular weight is 545 g/mol. The number of hydrogen-bond donors (Lipinski definition) is 2. The van der Waals surface area contributed by atoms with Gasteiger partial charge in [0.05, 0.1) is 10.9 Å². The predicted octanol–water partition coefficient (Wildman–Crippen LogP) is 2.44. The zero-order valence-corrected chi connectivity index (χ0v) is 22.4. The molecule has 9 nitrogen and oxygen atoms in total. The molecule has 2 fully saturated rings. The Bertz CT molecular complexity index is 1060. The van der Waals surface area contributed by atoms with Crippen LogP contribution in [0.1, 0.15) is 50.8 Å². The average Bonchev–Trinajstić information content (AvgIpc) is 3.42. The molecule has 194 valence electrons. The second-order valence-corrected chi connectivity index (χ2v) is 12.7. The van der Waals surface area contributed by atoms with Crippen molar-refractivity contribution in [2.24, 2.45) is 5.92 Å². The number of sulfonamides is 1. The van der Waals surface area contributed by atoms with Gasteiger partial charge >= 0.3 is 0 Å². The maximum atomic E-state index is 13.0. The highest BCUT2D eigenvalue weighted by Gasteiger charge is 2.35. The van der Waals surface area contributed by atoms with Crippen LogP contribution in [0.5, 0.6) is 0 Å². The standard InChI is InChI=1S/C23H33ClN4O5S2/c1-16(2)13-21(29)25-14-17-5-3-11-28(17)22(30)15-27-10-4-6-19(23(27)31)26-35(32,33)12-9-18-7-8-20(24)34-18/h7-9,12,16-17,19,26H,3-6,10-11,13-15H2,1-2H3,(H,25,29)/t17-,19-/m0/s1. The van der Waals surface area contributed by atoms with Crippen LogP contribution in [0.15, 0.2) is 17.5 Å². The Kier molecular flexibility index (Phi) is 9.74. The lowest BCUT2D eigenvalue weighted by molar-refractivity contribution is -0.143. The molecule has 2 N–H and O–H groups in total. The molecule has 3 amide bonds. The first-order chi connectivity index (χ1) is 16.5. The number of rotatable bonds is 10. The van der Waals surface area contributed by atoms with E-state index in [1.807, 2.05) is 13.8 Å². The third-order valence-electron chi connectivity index (χ3n) is 5.99. The number of thiophene rings is 1. The van der Waals surface area contributed by atoms with Crippen molar-refractivity contribution in [3.05, 3.63) is 26.8 Å². The van der Waals surface area contributed by atoms with E-state index >= 15 is 0 Å². The molecule has 2 aliphatic heterocycles. The Morgan fingerprint density at radius 1 is 1.23 bits per heavy atom. The Balaban J connectivity index is 1.54. The zero-order valence-electron chi connectivity index (χ0n) is 20.0. The molecule has 2 atom stereocenters.